The number of anilines is 1. The molecule has 102 valence electrons. The van der Waals surface area contributed by atoms with Crippen LogP contribution in [0.4, 0.5) is 5.69 Å². The molecule has 1 amide bonds. The van der Waals surface area contributed by atoms with E-state index >= 15 is 0 Å². The maximum absolute atomic E-state index is 12.4. The molecule has 1 unspecified atom stereocenters. The maximum Gasteiger partial charge on any atom is 0.261 e. The molecule has 0 bridgehead atoms. The normalized spacial score (nSPS) is 33.3. The molecule has 1 saturated heterocycles. The average Bonchev–Trinajstić information content (AvgIpc) is 2.62. The fourth-order valence-corrected chi connectivity index (χ4v) is 3.21. The zero-order valence-corrected chi connectivity index (χ0v) is 11.1. The van der Waals surface area contributed by atoms with Gasteiger partial charge in [0.05, 0.1) is 12.2 Å². The molecule has 19 heavy (non-hydrogen) atoms. The fraction of sp³-hybridized carbons (Fsp3) is 0.533. The van der Waals surface area contributed by atoms with Gasteiger partial charge in [-0.2, -0.15) is 0 Å². The van der Waals surface area contributed by atoms with E-state index < -0.39 is 11.7 Å². The van der Waals surface area contributed by atoms with Crippen LogP contribution in [0.15, 0.2) is 24.3 Å². The predicted octanol–water partition coefficient (Wildman–Crippen LogP) is 2.17. The standard InChI is InChI=1S/C15H19NO3/c1-2-5-11-8-10(17)9-15(19-11)12-6-3-4-7-13(12)16-14(15)18/h3-4,6-7,10-11,17H,2,5,8-9H2,1H3,(H,16,18)/t10-,11-,15?/m1/s1. The second kappa shape index (κ2) is 4.62. The number of carbonyl (C=O) groups excluding carboxylic acids is 1. The van der Waals surface area contributed by atoms with Crippen LogP contribution in [0.3, 0.4) is 0 Å². The van der Waals surface area contributed by atoms with E-state index in [1.807, 2.05) is 24.3 Å². The molecule has 1 fully saturated rings. The van der Waals surface area contributed by atoms with Gasteiger partial charge in [0, 0.05) is 17.7 Å². The first kappa shape index (κ1) is 12.6. The van der Waals surface area contributed by atoms with Crippen LogP contribution >= 0.6 is 0 Å². The minimum atomic E-state index is -0.992. The van der Waals surface area contributed by atoms with Gasteiger partial charge in [0.25, 0.3) is 5.91 Å². The van der Waals surface area contributed by atoms with E-state index in [9.17, 15) is 9.90 Å². The van der Waals surface area contributed by atoms with Gasteiger partial charge in [0.2, 0.25) is 0 Å². The Hall–Kier alpha value is -1.39. The maximum atomic E-state index is 12.4. The molecule has 1 aromatic carbocycles. The lowest BCUT2D eigenvalue weighted by Crippen LogP contribution is -2.48. The number of hydrogen-bond donors (Lipinski definition) is 2. The van der Waals surface area contributed by atoms with E-state index in [1.165, 1.54) is 0 Å². The SMILES string of the molecule is CCC[C@@H]1C[C@@H](O)CC2(O1)C(=O)Nc1ccccc12. The monoisotopic (exact) mass is 261 g/mol. The Labute approximate surface area is 112 Å². The first-order chi connectivity index (χ1) is 9.15. The molecule has 4 heteroatoms. The van der Waals surface area contributed by atoms with Gasteiger partial charge in [-0.05, 0) is 18.9 Å². The van der Waals surface area contributed by atoms with Crippen LogP contribution in [-0.2, 0) is 15.1 Å². The molecule has 1 spiro atoms. The highest BCUT2D eigenvalue weighted by molar-refractivity contribution is 6.05. The number of ether oxygens (including phenoxy) is 1. The number of rotatable bonds is 2. The molecule has 3 rings (SSSR count). The van der Waals surface area contributed by atoms with Crippen molar-refractivity contribution in [3.63, 3.8) is 0 Å². The molecule has 1 aromatic rings. The van der Waals surface area contributed by atoms with E-state index in [0.29, 0.717) is 12.8 Å². The number of aliphatic hydroxyl groups is 1. The number of hydrogen-bond acceptors (Lipinski definition) is 3. The van der Waals surface area contributed by atoms with Crippen LogP contribution < -0.4 is 5.32 Å². The van der Waals surface area contributed by atoms with Gasteiger partial charge in [0.15, 0.2) is 5.60 Å². The van der Waals surface area contributed by atoms with E-state index in [1.54, 1.807) is 0 Å². The number of amides is 1. The van der Waals surface area contributed by atoms with Crippen LogP contribution in [0, 0.1) is 0 Å². The van der Waals surface area contributed by atoms with Crippen molar-refractivity contribution in [3.8, 4) is 0 Å². The number of aliphatic hydroxyl groups excluding tert-OH is 1. The first-order valence-electron chi connectivity index (χ1n) is 6.92. The molecule has 0 aliphatic carbocycles. The number of nitrogens with one attached hydrogen (secondary N) is 1. The fourth-order valence-electron chi connectivity index (χ4n) is 3.21. The third kappa shape index (κ3) is 1.95. The number of fused-ring (bicyclic) bond motifs is 2. The van der Waals surface area contributed by atoms with E-state index in [4.69, 9.17) is 4.74 Å². The van der Waals surface area contributed by atoms with Crippen LogP contribution in [0.5, 0.6) is 0 Å². The lowest BCUT2D eigenvalue weighted by molar-refractivity contribution is -0.178. The molecule has 2 heterocycles. The van der Waals surface area contributed by atoms with Crippen molar-refractivity contribution in [1.29, 1.82) is 0 Å². The van der Waals surface area contributed by atoms with Gasteiger partial charge >= 0.3 is 0 Å². The summed E-state index contributed by atoms with van der Waals surface area (Å²) in [5, 5.41) is 13.0. The molecule has 2 aliphatic rings. The van der Waals surface area contributed by atoms with Crippen molar-refractivity contribution < 1.29 is 14.6 Å². The Morgan fingerprint density at radius 1 is 1.47 bits per heavy atom. The Morgan fingerprint density at radius 2 is 2.26 bits per heavy atom. The minimum Gasteiger partial charge on any atom is -0.393 e. The molecule has 4 nitrogen and oxygen atoms in total. The quantitative estimate of drug-likeness (QED) is 0.857. The molecule has 2 N–H and O–H groups in total. The van der Waals surface area contributed by atoms with Crippen molar-refractivity contribution in [1.82, 2.24) is 0 Å². The zero-order chi connectivity index (χ0) is 13.5. The van der Waals surface area contributed by atoms with Crippen LogP contribution in [0.25, 0.3) is 0 Å². The van der Waals surface area contributed by atoms with Crippen LogP contribution in [-0.4, -0.2) is 23.2 Å². The van der Waals surface area contributed by atoms with Crippen LogP contribution in [0.2, 0.25) is 0 Å². The van der Waals surface area contributed by atoms with E-state index in [-0.39, 0.29) is 12.0 Å². The van der Waals surface area contributed by atoms with Gasteiger partial charge in [-0.3, -0.25) is 4.79 Å². The van der Waals surface area contributed by atoms with Crippen LogP contribution in [0.1, 0.15) is 38.2 Å². The van der Waals surface area contributed by atoms with Gasteiger partial charge in [-0.25, -0.2) is 0 Å². The molecule has 3 atom stereocenters. The summed E-state index contributed by atoms with van der Waals surface area (Å²) in [6.45, 7) is 2.08. The molecule has 0 saturated carbocycles. The summed E-state index contributed by atoms with van der Waals surface area (Å²) in [6, 6.07) is 7.58. The smallest absolute Gasteiger partial charge is 0.261 e. The third-order valence-corrected chi connectivity index (χ3v) is 4.01. The highest BCUT2D eigenvalue weighted by Crippen LogP contribution is 2.46. The van der Waals surface area contributed by atoms with Crippen molar-refractivity contribution in [2.75, 3.05) is 5.32 Å². The van der Waals surface area contributed by atoms with Gasteiger partial charge in [-0.15, -0.1) is 0 Å². The number of carbonyl (C=O) groups is 1. The molecule has 0 aromatic heterocycles. The average molecular weight is 261 g/mol. The Morgan fingerprint density at radius 3 is 3.05 bits per heavy atom. The van der Waals surface area contributed by atoms with E-state index in [0.717, 1.165) is 24.1 Å². The minimum absolute atomic E-state index is 0.0503. The summed E-state index contributed by atoms with van der Waals surface area (Å²) in [6.07, 6.45) is 2.28. The van der Waals surface area contributed by atoms with E-state index in [2.05, 4.69) is 12.2 Å². The first-order valence-corrected chi connectivity index (χ1v) is 6.92. The molecular weight excluding hydrogens is 242 g/mol. The highest BCUT2D eigenvalue weighted by atomic mass is 16.5. The lowest BCUT2D eigenvalue weighted by atomic mass is 9.84. The second-order valence-corrected chi connectivity index (χ2v) is 5.45. The summed E-state index contributed by atoms with van der Waals surface area (Å²) < 4.78 is 6.11. The van der Waals surface area contributed by atoms with Crippen molar-refractivity contribution in [2.45, 2.75) is 50.4 Å². The lowest BCUT2D eigenvalue weighted by Gasteiger charge is -2.39. The number of benzene rings is 1. The summed E-state index contributed by atoms with van der Waals surface area (Å²) in [4.78, 5) is 12.4. The number of para-hydroxylation sites is 1. The van der Waals surface area contributed by atoms with Crippen molar-refractivity contribution in [3.05, 3.63) is 29.8 Å². The molecule has 0 radical (unpaired) electrons. The largest absolute Gasteiger partial charge is 0.393 e. The predicted molar refractivity (Wildman–Crippen MR) is 71.8 cm³/mol. The third-order valence-electron chi connectivity index (χ3n) is 4.01. The zero-order valence-electron chi connectivity index (χ0n) is 11.1. The Kier molecular flexibility index (Phi) is 3.07. The second-order valence-electron chi connectivity index (χ2n) is 5.45. The highest BCUT2D eigenvalue weighted by Gasteiger charge is 2.52. The summed E-state index contributed by atoms with van der Waals surface area (Å²) in [5.41, 5.74) is 0.672. The summed E-state index contributed by atoms with van der Waals surface area (Å²) >= 11 is 0. The van der Waals surface area contributed by atoms with Crippen molar-refractivity contribution in [2.24, 2.45) is 0 Å². The molecular formula is C15H19NO3. The van der Waals surface area contributed by atoms with Gasteiger partial charge in [0.1, 0.15) is 0 Å². The Balaban J connectivity index is 1.99. The Bertz CT molecular complexity index is 502. The van der Waals surface area contributed by atoms with Crippen molar-refractivity contribution >= 4 is 11.6 Å². The van der Waals surface area contributed by atoms with Gasteiger partial charge < -0.3 is 15.2 Å². The van der Waals surface area contributed by atoms with Gasteiger partial charge in [-0.1, -0.05) is 31.5 Å². The summed E-state index contributed by atoms with van der Waals surface area (Å²) in [7, 11) is 0. The molecule has 2 aliphatic heterocycles. The topological polar surface area (TPSA) is 58.6 Å². The summed E-state index contributed by atoms with van der Waals surface area (Å²) in [5.74, 6) is -0.145.